The van der Waals surface area contributed by atoms with Gasteiger partial charge in [-0.2, -0.15) is 0 Å². The van der Waals surface area contributed by atoms with Crippen LogP contribution in [0.3, 0.4) is 0 Å². The Morgan fingerprint density at radius 2 is 0.929 bits per heavy atom. The number of quaternary nitrogens is 2. The Bertz CT molecular complexity index is 606. The highest BCUT2D eigenvalue weighted by atomic mass is 16.4. The van der Waals surface area contributed by atoms with Crippen LogP contribution in [0, 0.1) is 0 Å². The maximum atomic E-state index is 11.6. The Morgan fingerprint density at radius 3 is 1.14 bits per heavy atom. The van der Waals surface area contributed by atoms with Crippen LogP contribution in [0.2, 0.25) is 0 Å². The van der Waals surface area contributed by atoms with Crippen molar-refractivity contribution < 1.29 is 29.0 Å². The minimum atomic E-state index is -0.201. The van der Waals surface area contributed by atoms with E-state index in [-0.39, 0.29) is 23.2 Å². The van der Waals surface area contributed by atoms with Crippen LogP contribution in [0.5, 0.6) is 0 Å². The molecule has 2 N–H and O–H groups in total. The van der Waals surface area contributed by atoms with E-state index >= 15 is 0 Å². The van der Waals surface area contributed by atoms with E-state index in [0.717, 1.165) is 87.5 Å². The molecular formula is C18H32N6O4+2. The van der Waals surface area contributed by atoms with Crippen LogP contribution in [0.1, 0.15) is 13.8 Å². The predicted molar refractivity (Wildman–Crippen MR) is 102 cm³/mol. The molecule has 3 aliphatic rings. The van der Waals surface area contributed by atoms with E-state index in [1.807, 2.05) is 9.80 Å². The number of hydrogen-bond donors (Lipinski definition) is 2. The van der Waals surface area contributed by atoms with Crippen molar-refractivity contribution in [2.45, 2.75) is 13.8 Å². The fourth-order valence-corrected chi connectivity index (χ4v) is 4.88. The van der Waals surface area contributed by atoms with E-state index in [2.05, 4.69) is 10.3 Å². The molecule has 3 heterocycles. The fraction of sp³-hybridized carbons (Fsp3) is 0.778. The van der Waals surface area contributed by atoms with Crippen LogP contribution in [-0.4, -0.2) is 131 Å². The van der Waals surface area contributed by atoms with E-state index < -0.39 is 0 Å². The molecule has 0 saturated carbocycles. The Hall–Kier alpha value is -2.20. The van der Waals surface area contributed by atoms with Gasteiger partial charge in [-0.1, -0.05) is 10.3 Å². The highest BCUT2D eigenvalue weighted by Gasteiger charge is 2.46. The van der Waals surface area contributed by atoms with Gasteiger partial charge in [-0.3, -0.25) is 9.59 Å². The van der Waals surface area contributed by atoms with Crippen molar-refractivity contribution >= 4 is 23.2 Å². The smallest absolute Gasteiger partial charge is 0.211 e. The van der Waals surface area contributed by atoms with Gasteiger partial charge < -0.3 is 29.2 Å². The number of amidine groups is 2. The molecule has 0 aromatic carbocycles. The summed E-state index contributed by atoms with van der Waals surface area (Å²) in [6.07, 6.45) is 0. The van der Waals surface area contributed by atoms with Gasteiger partial charge in [0.05, 0.1) is 52.4 Å². The van der Waals surface area contributed by atoms with Gasteiger partial charge in [0.1, 0.15) is 26.2 Å². The largest absolute Gasteiger partial charge is 0.409 e. The number of nitrogens with zero attached hydrogens (tertiary/aromatic N) is 6. The minimum absolute atomic E-state index is 0.168. The summed E-state index contributed by atoms with van der Waals surface area (Å²) < 4.78 is 2.13. The number of carbonyl (C=O) groups is 2. The Morgan fingerprint density at radius 1 is 0.643 bits per heavy atom. The van der Waals surface area contributed by atoms with Crippen molar-refractivity contribution in [3.8, 4) is 0 Å². The summed E-state index contributed by atoms with van der Waals surface area (Å²) in [6.45, 7) is 14.1. The highest BCUT2D eigenvalue weighted by molar-refractivity contribution is 6.38. The normalized spacial score (nSPS) is 25.2. The standard InChI is InChI=1S/C18H30N6O4/c1-15(25)17(19-27)21-3-7-23(8-4-21)11-13-24(14-12-23)9-5-22(6-10-24)18(20-28)16(2)26/h3-14H2,1-2H3/p+2. The molecule has 0 amide bonds. The van der Waals surface area contributed by atoms with E-state index in [4.69, 9.17) is 10.4 Å². The number of ketones is 2. The summed E-state index contributed by atoms with van der Waals surface area (Å²) in [5.74, 6) is -0.0655. The molecule has 0 radical (unpaired) electrons. The topological polar surface area (TPSA) is 106 Å². The summed E-state index contributed by atoms with van der Waals surface area (Å²) >= 11 is 0. The molecule has 3 aliphatic heterocycles. The first kappa shape index (κ1) is 20.5. The third-order valence-corrected chi connectivity index (χ3v) is 6.89. The van der Waals surface area contributed by atoms with Crippen molar-refractivity contribution in [2.24, 2.45) is 10.3 Å². The predicted octanol–water partition coefficient (Wildman–Crippen LogP) is -0.982. The third-order valence-electron chi connectivity index (χ3n) is 6.89. The average molecular weight is 396 g/mol. The zero-order valence-electron chi connectivity index (χ0n) is 16.9. The first-order chi connectivity index (χ1) is 13.3. The molecule has 0 aromatic heterocycles. The van der Waals surface area contributed by atoms with Crippen LogP contribution >= 0.6 is 0 Å². The molecule has 10 nitrogen and oxygen atoms in total. The summed E-state index contributed by atoms with van der Waals surface area (Å²) in [5.41, 5.74) is 0. The second-order valence-corrected chi connectivity index (χ2v) is 8.41. The summed E-state index contributed by atoms with van der Waals surface area (Å²) in [4.78, 5) is 27.0. The first-order valence-corrected chi connectivity index (χ1v) is 10.00. The Kier molecular flexibility index (Phi) is 5.90. The van der Waals surface area contributed by atoms with Gasteiger partial charge in [-0.15, -0.1) is 0 Å². The molecule has 0 aliphatic carbocycles. The average Bonchev–Trinajstić information content (AvgIpc) is 2.68. The molecule has 0 unspecified atom stereocenters. The van der Waals surface area contributed by atoms with Crippen LogP contribution in [0.15, 0.2) is 10.3 Å². The highest BCUT2D eigenvalue weighted by Crippen LogP contribution is 2.24. The van der Waals surface area contributed by atoms with E-state index in [0.29, 0.717) is 0 Å². The van der Waals surface area contributed by atoms with Crippen LogP contribution in [0.4, 0.5) is 0 Å². The lowest BCUT2D eigenvalue weighted by Gasteiger charge is -2.54. The van der Waals surface area contributed by atoms with E-state index in [1.165, 1.54) is 13.8 Å². The number of rotatable bonds is 2. The molecule has 2 spiro atoms. The van der Waals surface area contributed by atoms with Crippen molar-refractivity contribution in [1.29, 1.82) is 0 Å². The monoisotopic (exact) mass is 396 g/mol. The van der Waals surface area contributed by atoms with Crippen molar-refractivity contribution in [2.75, 3.05) is 78.5 Å². The molecule has 3 fully saturated rings. The molecule has 0 atom stereocenters. The lowest BCUT2D eigenvalue weighted by atomic mass is 10.1. The zero-order chi connectivity index (χ0) is 20.4. The SMILES string of the molecule is CC(=O)/C(=N/O)N1CC[N+]2(CC1)CC[N+]1(CCN(/C(=N\O)C(C)=O)CC1)CC2. The number of hydrogen-bond acceptors (Lipinski definition) is 6. The van der Waals surface area contributed by atoms with Crippen LogP contribution in [0.25, 0.3) is 0 Å². The number of carbonyl (C=O) groups excluding carboxylic acids is 2. The van der Waals surface area contributed by atoms with E-state index in [1.54, 1.807) is 0 Å². The summed E-state index contributed by atoms with van der Waals surface area (Å²) in [7, 11) is 0. The number of Topliss-reactive ketones (excluding diaryl/α,β-unsaturated/α-hetero) is 2. The summed E-state index contributed by atoms with van der Waals surface area (Å²) in [6, 6.07) is 0. The first-order valence-electron chi connectivity index (χ1n) is 10.00. The Balaban J connectivity index is 1.53. The molecule has 0 aromatic rings. The second-order valence-electron chi connectivity index (χ2n) is 8.41. The van der Waals surface area contributed by atoms with Gasteiger partial charge >= 0.3 is 0 Å². The lowest BCUT2D eigenvalue weighted by Crippen LogP contribution is -2.73. The molecule has 0 bridgehead atoms. The molecular weight excluding hydrogens is 364 g/mol. The van der Waals surface area contributed by atoms with Crippen molar-refractivity contribution in [1.82, 2.24) is 9.80 Å². The fourth-order valence-electron chi connectivity index (χ4n) is 4.88. The van der Waals surface area contributed by atoms with Crippen molar-refractivity contribution in [3.05, 3.63) is 0 Å². The Labute approximate surface area is 165 Å². The maximum Gasteiger partial charge on any atom is 0.211 e. The lowest BCUT2D eigenvalue weighted by molar-refractivity contribution is -1.03. The van der Waals surface area contributed by atoms with Gasteiger partial charge in [-0.25, -0.2) is 0 Å². The number of piperazine rings is 3. The van der Waals surface area contributed by atoms with Crippen LogP contribution in [-0.2, 0) is 9.59 Å². The van der Waals surface area contributed by atoms with Gasteiger partial charge in [0.25, 0.3) is 0 Å². The molecule has 156 valence electrons. The van der Waals surface area contributed by atoms with Crippen LogP contribution < -0.4 is 0 Å². The van der Waals surface area contributed by atoms with Gasteiger partial charge in [0.2, 0.25) is 11.7 Å². The quantitative estimate of drug-likeness (QED) is 0.204. The molecule has 3 saturated heterocycles. The summed E-state index contributed by atoms with van der Waals surface area (Å²) in [5, 5.41) is 24.6. The van der Waals surface area contributed by atoms with E-state index in [9.17, 15) is 9.59 Å². The molecule has 28 heavy (non-hydrogen) atoms. The van der Waals surface area contributed by atoms with Gasteiger partial charge in [0, 0.05) is 13.8 Å². The van der Waals surface area contributed by atoms with Gasteiger partial charge in [-0.05, 0) is 0 Å². The van der Waals surface area contributed by atoms with Crippen molar-refractivity contribution in [3.63, 3.8) is 0 Å². The van der Waals surface area contributed by atoms with Gasteiger partial charge in [0.15, 0.2) is 11.6 Å². The second kappa shape index (κ2) is 8.04. The third kappa shape index (κ3) is 3.97. The zero-order valence-corrected chi connectivity index (χ0v) is 16.9. The molecule has 10 heteroatoms. The minimum Gasteiger partial charge on any atom is -0.409 e. The maximum absolute atomic E-state index is 11.6. The molecule has 3 rings (SSSR count). The number of oxime groups is 2.